The Morgan fingerprint density at radius 1 is 1.10 bits per heavy atom. The second-order valence-electron chi connectivity index (χ2n) is 8.44. The lowest BCUT2D eigenvalue weighted by Gasteiger charge is -2.24. The number of carboxylic acids is 2. The summed E-state index contributed by atoms with van der Waals surface area (Å²) in [5.74, 6) is -5.38. The van der Waals surface area contributed by atoms with E-state index in [1.54, 1.807) is 19.1 Å². The van der Waals surface area contributed by atoms with E-state index in [9.17, 15) is 37.5 Å². The minimum atomic E-state index is -3.98. The quantitative estimate of drug-likeness (QED) is 0.141. The average Bonchev–Trinajstić information content (AvgIpc) is 3.18. The zero-order chi connectivity index (χ0) is 29.3. The van der Waals surface area contributed by atoms with Crippen LogP contribution >= 0.6 is 11.8 Å². The van der Waals surface area contributed by atoms with Crippen molar-refractivity contribution in [3.05, 3.63) is 40.3 Å². The number of tetrazole rings is 1. The van der Waals surface area contributed by atoms with Crippen molar-refractivity contribution in [2.24, 2.45) is 12.8 Å². The minimum absolute atomic E-state index is 0.0121. The molecule has 6 N–H and O–H groups in total. The molecule has 3 atom stereocenters. The molecule has 18 heteroatoms. The fraction of sp³-hybridized carbons (Fsp3) is 0.476. The van der Waals surface area contributed by atoms with Crippen molar-refractivity contribution in [3.8, 4) is 0 Å². The SMILES string of the molecule is Cc1ccc(S(=O)(=O)CC(SCC(NC(CCC(N)=O)C(=O)O)C(=O)NCC(=O)O)n2nnn(C)c2=O)cc1. The van der Waals surface area contributed by atoms with E-state index in [2.05, 4.69) is 21.1 Å². The predicted octanol–water partition coefficient (Wildman–Crippen LogP) is -2.13. The fourth-order valence-electron chi connectivity index (χ4n) is 3.23. The van der Waals surface area contributed by atoms with Crippen LogP contribution in [0.1, 0.15) is 23.8 Å². The summed E-state index contributed by atoms with van der Waals surface area (Å²) in [5.41, 5.74) is 5.18. The largest absolute Gasteiger partial charge is 0.480 e. The third-order valence-electron chi connectivity index (χ3n) is 5.32. The highest BCUT2D eigenvalue weighted by molar-refractivity contribution is 8.00. The van der Waals surface area contributed by atoms with Gasteiger partial charge in [-0.15, -0.1) is 11.8 Å². The highest BCUT2D eigenvalue weighted by Crippen LogP contribution is 2.27. The molecule has 39 heavy (non-hydrogen) atoms. The van der Waals surface area contributed by atoms with Crippen molar-refractivity contribution >= 4 is 45.4 Å². The number of hydrogen-bond acceptors (Lipinski definition) is 11. The Morgan fingerprint density at radius 3 is 2.26 bits per heavy atom. The second kappa shape index (κ2) is 13.9. The number of aryl methyl sites for hydroxylation is 2. The third-order valence-corrected chi connectivity index (χ3v) is 8.56. The molecule has 0 radical (unpaired) electrons. The monoisotopic (exact) mass is 587 g/mol. The van der Waals surface area contributed by atoms with Gasteiger partial charge in [-0.25, -0.2) is 13.2 Å². The van der Waals surface area contributed by atoms with Crippen LogP contribution in [0.3, 0.4) is 0 Å². The smallest absolute Gasteiger partial charge is 0.364 e. The van der Waals surface area contributed by atoms with E-state index in [1.807, 2.05) is 0 Å². The number of sulfone groups is 1. The standard InChI is InChI=1S/C21H29N7O9S2/c1-12-3-5-13(6-4-12)39(36,37)11-17(28-21(35)27(2)25-26-28)38-10-15(19(32)23-9-18(30)31)24-14(20(33)34)7-8-16(22)29/h3-6,14-15,17,24H,7-11H2,1-2H3,(H2,22,29)(H,23,32)(H,30,31)(H,33,34). The Morgan fingerprint density at radius 2 is 1.74 bits per heavy atom. The van der Waals surface area contributed by atoms with Gasteiger partial charge in [-0.05, 0) is 35.9 Å². The molecular formula is C21H29N7O9S2. The highest BCUT2D eigenvalue weighted by atomic mass is 32.2. The third kappa shape index (κ3) is 9.48. The van der Waals surface area contributed by atoms with E-state index in [1.165, 1.54) is 19.2 Å². The van der Waals surface area contributed by atoms with Gasteiger partial charge < -0.3 is 21.3 Å². The molecule has 16 nitrogen and oxygen atoms in total. The van der Waals surface area contributed by atoms with Crippen molar-refractivity contribution in [3.63, 3.8) is 0 Å². The molecule has 0 aliphatic heterocycles. The van der Waals surface area contributed by atoms with Crippen molar-refractivity contribution in [2.45, 2.75) is 42.1 Å². The predicted molar refractivity (Wildman–Crippen MR) is 137 cm³/mol. The van der Waals surface area contributed by atoms with Crippen LogP contribution in [0.15, 0.2) is 34.0 Å². The molecule has 0 aliphatic rings. The first-order valence-electron chi connectivity index (χ1n) is 11.4. The number of nitrogens with zero attached hydrogens (tertiary/aromatic N) is 4. The van der Waals surface area contributed by atoms with Gasteiger partial charge in [0.1, 0.15) is 18.0 Å². The number of benzene rings is 1. The van der Waals surface area contributed by atoms with Crippen molar-refractivity contribution in [1.82, 2.24) is 30.4 Å². The summed E-state index contributed by atoms with van der Waals surface area (Å²) in [6.45, 7) is 1.01. The summed E-state index contributed by atoms with van der Waals surface area (Å²) in [6.07, 6.45) is -0.583. The summed E-state index contributed by atoms with van der Waals surface area (Å²) in [7, 11) is -2.67. The molecule has 0 saturated carbocycles. The number of nitrogens with one attached hydrogen (secondary N) is 2. The number of carbonyl (C=O) groups excluding carboxylic acids is 2. The van der Waals surface area contributed by atoms with Gasteiger partial charge in [-0.2, -0.15) is 9.36 Å². The molecule has 0 fully saturated rings. The van der Waals surface area contributed by atoms with Crippen molar-refractivity contribution in [1.29, 1.82) is 0 Å². The number of rotatable bonds is 16. The molecule has 214 valence electrons. The summed E-state index contributed by atoms with van der Waals surface area (Å²) in [4.78, 5) is 59.1. The van der Waals surface area contributed by atoms with Gasteiger partial charge in [-0.1, -0.05) is 17.7 Å². The van der Waals surface area contributed by atoms with E-state index in [0.29, 0.717) is 0 Å². The van der Waals surface area contributed by atoms with E-state index >= 15 is 0 Å². The molecule has 2 amide bonds. The average molecular weight is 588 g/mol. The molecule has 0 spiro atoms. The zero-order valence-electron chi connectivity index (χ0n) is 21.0. The topological polar surface area (TPSA) is 246 Å². The van der Waals surface area contributed by atoms with Gasteiger partial charge in [0.25, 0.3) is 0 Å². The number of nitrogens with two attached hydrogens (primary N) is 1. The zero-order valence-corrected chi connectivity index (χ0v) is 22.6. The summed E-state index contributed by atoms with van der Waals surface area (Å²) in [5, 5.41) is 29.2. The number of aromatic nitrogens is 4. The number of thioether (sulfide) groups is 1. The van der Waals surface area contributed by atoms with Crippen LogP contribution in [-0.4, -0.2) is 92.3 Å². The van der Waals surface area contributed by atoms with Gasteiger partial charge in [0.15, 0.2) is 9.84 Å². The Labute approximate surface area is 226 Å². The summed E-state index contributed by atoms with van der Waals surface area (Å²) in [6, 6.07) is 3.23. The maximum absolute atomic E-state index is 13.2. The second-order valence-corrected chi connectivity index (χ2v) is 11.7. The first-order chi connectivity index (χ1) is 18.2. The van der Waals surface area contributed by atoms with E-state index in [-0.39, 0.29) is 23.5 Å². The molecule has 0 aliphatic carbocycles. The maximum Gasteiger partial charge on any atom is 0.364 e. The van der Waals surface area contributed by atoms with Gasteiger partial charge >= 0.3 is 17.6 Å². The Balaban J connectivity index is 2.36. The Hall–Kier alpha value is -3.77. The molecule has 1 aromatic carbocycles. The molecule has 2 rings (SSSR count). The number of hydrogen-bond donors (Lipinski definition) is 5. The molecule has 2 aromatic rings. The first kappa shape index (κ1) is 31.4. The molecule has 1 heterocycles. The molecule has 3 unspecified atom stereocenters. The van der Waals surface area contributed by atoms with Gasteiger partial charge in [-0.3, -0.25) is 24.5 Å². The first-order valence-corrected chi connectivity index (χ1v) is 14.1. The van der Waals surface area contributed by atoms with E-state index in [4.69, 9.17) is 10.8 Å². The lowest BCUT2D eigenvalue weighted by Crippen LogP contribution is -2.53. The number of carbonyl (C=O) groups is 4. The summed E-state index contributed by atoms with van der Waals surface area (Å²) < 4.78 is 28.0. The lowest BCUT2D eigenvalue weighted by molar-refractivity contribution is -0.141. The van der Waals surface area contributed by atoms with Gasteiger partial charge in [0.2, 0.25) is 11.8 Å². The van der Waals surface area contributed by atoms with Crippen LogP contribution in [-0.2, 0) is 36.1 Å². The highest BCUT2D eigenvalue weighted by Gasteiger charge is 2.31. The normalized spacial score (nSPS) is 13.8. The van der Waals surface area contributed by atoms with E-state index in [0.717, 1.165) is 26.7 Å². The van der Waals surface area contributed by atoms with Crippen LogP contribution < -0.4 is 22.1 Å². The van der Waals surface area contributed by atoms with Crippen molar-refractivity contribution < 1.29 is 37.8 Å². The number of amides is 2. The fourth-order valence-corrected chi connectivity index (χ4v) is 6.35. The van der Waals surface area contributed by atoms with Crippen LogP contribution in [0.2, 0.25) is 0 Å². The summed E-state index contributed by atoms with van der Waals surface area (Å²) >= 11 is 0.788. The van der Waals surface area contributed by atoms with Crippen LogP contribution in [0, 0.1) is 6.92 Å². The van der Waals surface area contributed by atoms with Gasteiger partial charge in [0, 0.05) is 19.2 Å². The molecular weight excluding hydrogens is 558 g/mol. The van der Waals surface area contributed by atoms with Gasteiger partial charge in [0.05, 0.1) is 16.7 Å². The van der Waals surface area contributed by atoms with E-state index < -0.39 is 69.0 Å². The van der Waals surface area contributed by atoms with Crippen molar-refractivity contribution in [2.75, 3.05) is 18.1 Å². The van der Waals surface area contributed by atoms with Crippen LogP contribution in [0.5, 0.6) is 0 Å². The molecule has 0 saturated heterocycles. The van der Waals surface area contributed by atoms with Crippen LogP contribution in [0.4, 0.5) is 0 Å². The maximum atomic E-state index is 13.2. The lowest BCUT2D eigenvalue weighted by atomic mass is 10.1. The van der Waals surface area contributed by atoms with Crippen LogP contribution in [0.25, 0.3) is 0 Å². The molecule has 0 bridgehead atoms. The number of primary amides is 1. The molecule has 1 aromatic heterocycles. The number of aliphatic carboxylic acids is 2. The minimum Gasteiger partial charge on any atom is -0.480 e. The Kier molecular flexibility index (Phi) is 11.2. The number of carboxylic acid groups (broad SMARTS) is 2. The Bertz CT molecular complexity index is 1360.